The van der Waals surface area contributed by atoms with Crippen molar-refractivity contribution in [2.75, 3.05) is 20.3 Å². The first kappa shape index (κ1) is 14.5. The van der Waals surface area contributed by atoms with Gasteiger partial charge in [-0.05, 0) is 31.9 Å². The number of methoxy groups -OCH3 is 1. The summed E-state index contributed by atoms with van der Waals surface area (Å²) >= 11 is 0. The van der Waals surface area contributed by atoms with Crippen molar-refractivity contribution >= 4 is 5.91 Å². The lowest BCUT2D eigenvalue weighted by atomic mass is 10.1. The number of nitrogens with one attached hydrogen (secondary N) is 1. The molecule has 1 aromatic rings. The lowest BCUT2D eigenvalue weighted by Gasteiger charge is -2.10. The standard InChI is InChI=1S/C14H21NO3/c1-11(2)18-10-14(16)15-9-8-12-6-4-5-7-13(12)17-3/h4-7,11H,8-10H2,1-3H3,(H,15,16). The van der Waals surface area contributed by atoms with Crippen molar-refractivity contribution in [2.24, 2.45) is 0 Å². The Kier molecular flexibility index (Phi) is 6.22. The maximum atomic E-state index is 11.4. The van der Waals surface area contributed by atoms with Crippen LogP contribution in [0.2, 0.25) is 0 Å². The van der Waals surface area contributed by atoms with Crippen LogP contribution in [0.5, 0.6) is 5.75 Å². The molecule has 0 unspecified atom stereocenters. The number of rotatable bonds is 7. The third-order valence-corrected chi connectivity index (χ3v) is 2.46. The van der Waals surface area contributed by atoms with Gasteiger partial charge in [0, 0.05) is 6.54 Å². The lowest BCUT2D eigenvalue weighted by molar-refractivity contribution is -0.127. The molecular formula is C14H21NO3. The van der Waals surface area contributed by atoms with Crippen molar-refractivity contribution in [1.82, 2.24) is 5.32 Å². The molecule has 0 bridgehead atoms. The average Bonchev–Trinajstić information content (AvgIpc) is 2.37. The Morgan fingerprint density at radius 1 is 1.33 bits per heavy atom. The molecule has 18 heavy (non-hydrogen) atoms. The highest BCUT2D eigenvalue weighted by atomic mass is 16.5. The summed E-state index contributed by atoms with van der Waals surface area (Å²) in [6.45, 7) is 4.51. The van der Waals surface area contributed by atoms with Gasteiger partial charge >= 0.3 is 0 Å². The van der Waals surface area contributed by atoms with Gasteiger partial charge in [0.1, 0.15) is 12.4 Å². The van der Waals surface area contributed by atoms with Crippen LogP contribution in [-0.2, 0) is 16.0 Å². The van der Waals surface area contributed by atoms with Gasteiger partial charge in [-0.1, -0.05) is 18.2 Å². The number of hydrogen-bond donors (Lipinski definition) is 1. The largest absolute Gasteiger partial charge is 0.496 e. The summed E-state index contributed by atoms with van der Waals surface area (Å²) in [5.41, 5.74) is 1.09. The van der Waals surface area contributed by atoms with Crippen LogP contribution in [0, 0.1) is 0 Å². The van der Waals surface area contributed by atoms with E-state index in [2.05, 4.69) is 5.32 Å². The fourth-order valence-corrected chi connectivity index (χ4v) is 1.54. The summed E-state index contributed by atoms with van der Waals surface area (Å²) in [4.78, 5) is 11.4. The summed E-state index contributed by atoms with van der Waals surface area (Å²) < 4.78 is 10.5. The molecule has 0 spiro atoms. The fraction of sp³-hybridized carbons (Fsp3) is 0.500. The predicted molar refractivity (Wildman–Crippen MR) is 70.8 cm³/mol. The molecule has 1 aromatic carbocycles. The summed E-state index contributed by atoms with van der Waals surface area (Å²) in [5.74, 6) is 0.767. The van der Waals surface area contributed by atoms with Gasteiger partial charge in [0.05, 0.1) is 13.2 Å². The van der Waals surface area contributed by atoms with Crippen LogP contribution in [0.25, 0.3) is 0 Å². The Morgan fingerprint density at radius 3 is 2.72 bits per heavy atom. The zero-order chi connectivity index (χ0) is 13.4. The molecule has 0 aliphatic carbocycles. The number of ether oxygens (including phenoxy) is 2. The van der Waals surface area contributed by atoms with Crippen molar-refractivity contribution in [1.29, 1.82) is 0 Å². The van der Waals surface area contributed by atoms with Crippen LogP contribution in [-0.4, -0.2) is 32.3 Å². The Labute approximate surface area is 108 Å². The number of benzene rings is 1. The summed E-state index contributed by atoms with van der Waals surface area (Å²) in [5, 5.41) is 2.82. The number of amides is 1. The molecule has 0 atom stereocenters. The molecule has 0 aromatic heterocycles. The van der Waals surface area contributed by atoms with E-state index in [9.17, 15) is 4.79 Å². The maximum absolute atomic E-state index is 11.4. The van der Waals surface area contributed by atoms with Gasteiger partial charge < -0.3 is 14.8 Å². The van der Waals surface area contributed by atoms with E-state index in [1.54, 1.807) is 7.11 Å². The summed E-state index contributed by atoms with van der Waals surface area (Å²) in [6.07, 6.45) is 0.821. The van der Waals surface area contributed by atoms with Crippen LogP contribution in [0.4, 0.5) is 0 Å². The number of hydrogen-bond acceptors (Lipinski definition) is 3. The molecule has 1 N–H and O–H groups in total. The van der Waals surface area contributed by atoms with Crippen molar-refractivity contribution < 1.29 is 14.3 Å². The van der Waals surface area contributed by atoms with E-state index >= 15 is 0 Å². The third-order valence-electron chi connectivity index (χ3n) is 2.46. The van der Waals surface area contributed by atoms with Crippen molar-refractivity contribution in [3.05, 3.63) is 29.8 Å². The quantitative estimate of drug-likeness (QED) is 0.803. The molecule has 100 valence electrons. The minimum Gasteiger partial charge on any atom is -0.496 e. The van der Waals surface area contributed by atoms with Gasteiger partial charge in [-0.15, -0.1) is 0 Å². The highest BCUT2D eigenvalue weighted by molar-refractivity contribution is 5.77. The number of carbonyl (C=O) groups excluding carboxylic acids is 1. The predicted octanol–water partition coefficient (Wildman–Crippen LogP) is 1.78. The normalized spacial score (nSPS) is 10.4. The van der Waals surface area contributed by atoms with E-state index in [0.29, 0.717) is 6.54 Å². The van der Waals surface area contributed by atoms with Crippen molar-refractivity contribution in [3.8, 4) is 5.75 Å². The zero-order valence-electron chi connectivity index (χ0n) is 11.2. The molecule has 4 nitrogen and oxygen atoms in total. The Morgan fingerprint density at radius 2 is 2.06 bits per heavy atom. The molecule has 0 aliphatic rings. The van der Waals surface area contributed by atoms with Crippen LogP contribution >= 0.6 is 0 Å². The van der Waals surface area contributed by atoms with Crippen molar-refractivity contribution in [2.45, 2.75) is 26.4 Å². The first-order valence-corrected chi connectivity index (χ1v) is 6.13. The van der Waals surface area contributed by atoms with Gasteiger partial charge in [0.15, 0.2) is 0 Å². The van der Waals surface area contributed by atoms with E-state index in [4.69, 9.17) is 9.47 Å². The minimum absolute atomic E-state index is 0.0740. The van der Waals surface area contributed by atoms with Gasteiger partial charge in [-0.2, -0.15) is 0 Å². The van der Waals surface area contributed by atoms with Crippen LogP contribution < -0.4 is 10.1 Å². The smallest absolute Gasteiger partial charge is 0.246 e. The average molecular weight is 251 g/mol. The second kappa shape index (κ2) is 7.71. The molecule has 1 rings (SSSR count). The first-order chi connectivity index (χ1) is 8.63. The molecule has 0 radical (unpaired) electrons. The maximum Gasteiger partial charge on any atom is 0.246 e. The molecule has 0 heterocycles. The molecule has 0 fully saturated rings. The van der Waals surface area contributed by atoms with Crippen LogP contribution in [0.3, 0.4) is 0 Å². The Hall–Kier alpha value is -1.55. The van der Waals surface area contributed by atoms with Gasteiger partial charge in [-0.25, -0.2) is 0 Å². The second-order valence-corrected chi connectivity index (χ2v) is 4.27. The van der Waals surface area contributed by atoms with Crippen LogP contribution in [0.1, 0.15) is 19.4 Å². The molecule has 4 heteroatoms. The summed E-state index contributed by atoms with van der Waals surface area (Å²) in [6, 6.07) is 7.80. The highest BCUT2D eigenvalue weighted by Gasteiger charge is 2.04. The van der Waals surface area contributed by atoms with E-state index in [0.717, 1.165) is 17.7 Å². The third kappa shape index (κ3) is 5.19. The van der Waals surface area contributed by atoms with Crippen molar-refractivity contribution in [3.63, 3.8) is 0 Å². The van der Waals surface area contributed by atoms with E-state index in [1.165, 1.54) is 0 Å². The zero-order valence-corrected chi connectivity index (χ0v) is 11.2. The van der Waals surface area contributed by atoms with Gasteiger partial charge in [0.2, 0.25) is 5.91 Å². The number of carbonyl (C=O) groups is 1. The molecular weight excluding hydrogens is 230 g/mol. The topological polar surface area (TPSA) is 47.6 Å². The Balaban J connectivity index is 2.31. The van der Waals surface area contributed by atoms with E-state index in [1.807, 2.05) is 38.1 Å². The SMILES string of the molecule is COc1ccccc1CCNC(=O)COC(C)C. The van der Waals surface area contributed by atoms with E-state index in [-0.39, 0.29) is 18.6 Å². The lowest BCUT2D eigenvalue weighted by Crippen LogP contribution is -2.30. The van der Waals surface area contributed by atoms with Gasteiger partial charge in [0.25, 0.3) is 0 Å². The van der Waals surface area contributed by atoms with Crippen LogP contribution in [0.15, 0.2) is 24.3 Å². The molecule has 0 aliphatic heterocycles. The Bertz CT molecular complexity index is 377. The minimum atomic E-state index is -0.0846. The number of para-hydroxylation sites is 1. The summed E-state index contributed by atoms with van der Waals surface area (Å²) in [7, 11) is 1.65. The van der Waals surface area contributed by atoms with E-state index < -0.39 is 0 Å². The first-order valence-electron chi connectivity index (χ1n) is 6.13. The molecule has 0 saturated heterocycles. The fourth-order valence-electron chi connectivity index (χ4n) is 1.54. The molecule has 0 saturated carbocycles. The highest BCUT2D eigenvalue weighted by Crippen LogP contribution is 2.17. The monoisotopic (exact) mass is 251 g/mol. The van der Waals surface area contributed by atoms with Gasteiger partial charge in [-0.3, -0.25) is 4.79 Å². The molecule has 1 amide bonds. The second-order valence-electron chi connectivity index (χ2n) is 4.27.